The van der Waals surface area contributed by atoms with Crippen LogP contribution in [0.2, 0.25) is 0 Å². The maximum absolute atomic E-state index is 10.4. The summed E-state index contributed by atoms with van der Waals surface area (Å²) in [4.78, 5) is 10.1. The summed E-state index contributed by atoms with van der Waals surface area (Å²) in [6, 6.07) is 17.5. The number of hydrogen-bond donors (Lipinski definition) is 0. The molecule has 2 aromatic rings. The van der Waals surface area contributed by atoms with Gasteiger partial charge in [-0.25, -0.2) is 0 Å². The van der Waals surface area contributed by atoms with Crippen LogP contribution in [-0.4, -0.2) is 24.7 Å². The molecule has 2 rings (SSSR count). The Morgan fingerprint density at radius 2 is 1.74 bits per heavy atom. The molecule has 0 fully saturated rings. The van der Waals surface area contributed by atoms with Crippen LogP contribution in [0.1, 0.15) is 17.5 Å². The van der Waals surface area contributed by atoms with Crippen molar-refractivity contribution in [3.8, 4) is 5.75 Å². The average molecular weight is 315 g/mol. The van der Waals surface area contributed by atoms with Gasteiger partial charge in [0.25, 0.3) is 0 Å². The van der Waals surface area contributed by atoms with Crippen molar-refractivity contribution in [2.45, 2.75) is 19.4 Å². The van der Waals surface area contributed by atoms with Gasteiger partial charge in [0.15, 0.2) is 0 Å². The molecule has 0 radical (unpaired) electrons. The highest BCUT2D eigenvalue weighted by Gasteiger charge is 2.02. The van der Waals surface area contributed by atoms with E-state index in [9.17, 15) is 10.1 Å². The fourth-order valence-electron chi connectivity index (χ4n) is 2.13. The van der Waals surface area contributed by atoms with Crippen LogP contribution in [0.4, 0.5) is 0 Å². The molecule has 0 saturated carbocycles. The van der Waals surface area contributed by atoms with Gasteiger partial charge in [-0.1, -0.05) is 42.5 Å². The van der Waals surface area contributed by atoms with Crippen LogP contribution in [-0.2, 0) is 17.8 Å². The fourth-order valence-corrected chi connectivity index (χ4v) is 2.13. The van der Waals surface area contributed by atoms with E-state index in [1.807, 2.05) is 54.6 Å². The maximum atomic E-state index is 10.4. The van der Waals surface area contributed by atoms with E-state index in [0.717, 1.165) is 23.3 Å². The van der Waals surface area contributed by atoms with Crippen molar-refractivity contribution in [2.75, 3.05) is 19.8 Å². The van der Waals surface area contributed by atoms with Gasteiger partial charge < -0.3 is 9.47 Å². The molecule has 2 aromatic carbocycles. The Kier molecular flexibility index (Phi) is 7.07. The topological polar surface area (TPSA) is 61.6 Å². The third kappa shape index (κ3) is 6.93. The predicted molar refractivity (Wildman–Crippen MR) is 88.2 cm³/mol. The Balaban J connectivity index is 1.62. The van der Waals surface area contributed by atoms with Gasteiger partial charge >= 0.3 is 0 Å². The van der Waals surface area contributed by atoms with Crippen molar-refractivity contribution in [3.63, 3.8) is 0 Å². The number of rotatable bonds is 10. The van der Waals surface area contributed by atoms with Crippen molar-refractivity contribution in [1.82, 2.24) is 0 Å². The maximum Gasteiger partial charge on any atom is 0.207 e. The summed E-state index contributed by atoms with van der Waals surface area (Å²) in [7, 11) is 0. The number of nitrogens with zero attached hydrogens (tertiary/aromatic N) is 1. The lowest BCUT2D eigenvalue weighted by Crippen LogP contribution is -2.05. The first-order valence-electron chi connectivity index (χ1n) is 7.69. The molecule has 0 bridgehead atoms. The van der Waals surface area contributed by atoms with Crippen LogP contribution in [0.15, 0.2) is 54.6 Å². The van der Waals surface area contributed by atoms with Gasteiger partial charge in [-0.15, -0.1) is 0 Å². The van der Waals surface area contributed by atoms with Crippen LogP contribution in [0.3, 0.4) is 0 Å². The van der Waals surface area contributed by atoms with E-state index >= 15 is 0 Å². The smallest absolute Gasteiger partial charge is 0.207 e. The molecule has 0 spiro atoms. The van der Waals surface area contributed by atoms with E-state index < -0.39 is 0 Å². The molecular weight excluding hydrogens is 294 g/mol. The van der Waals surface area contributed by atoms with Crippen molar-refractivity contribution in [2.24, 2.45) is 0 Å². The third-order valence-electron chi connectivity index (χ3n) is 3.29. The Morgan fingerprint density at radius 3 is 2.52 bits per heavy atom. The Labute approximate surface area is 136 Å². The molecule has 0 N–H and O–H groups in total. The van der Waals surface area contributed by atoms with E-state index in [2.05, 4.69) is 0 Å². The van der Waals surface area contributed by atoms with Gasteiger partial charge in [-0.05, 0) is 23.3 Å². The lowest BCUT2D eigenvalue weighted by atomic mass is 10.1. The van der Waals surface area contributed by atoms with Gasteiger partial charge in [0.1, 0.15) is 5.75 Å². The zero-order valence-corrected chi connectivity index (χ0v) is 13.0. The first kappa shape index (κ1) is 17.0. The predicted octanol–water partition coefficient (Wildman–Crippen LogP) is 3.49. The van der Waals surface area contributed by atoms with Gasteiger partial charge in [0.2, 0.25) is 6.54 Å². The average Bonchev–Trinajstić information content (AvgIpc) is 2.57. The summed E-state index contributed by atoms with van der Waals surface area (Å²) in [6.07, 6.45) is 1.22. The van der Waals surface area contributed by atoms with Gasteiger partial charge in [0.05, 0.1) is 19.8 Å². The van der Waals surface area contributed by atoms with E-state index in [-0.39, 0.29) is 11.5 Å². The molecule has 23 heavy (non-hydrogen) atoms. The molecule has 0 aliphatic heterocycles. The van der Waals surface area contributed by atoms with Gasteiger partial charge in [-0.3, -0.25) is 10.1 Å². The number of benzene rings is 2. The van der Waals surface area contributed by atoms with Crippen LogP contribution in [0, 0.1) is 10.1 Å². The molecule has 0 aliphatic carbocycles. The minimum atomic E-state index is -0.308. The van der Waals surface area contributed by atoms with Crippen LogP contribution < -0.4 is 4.74 Å². The van der Waals surface area contributed by atoms with Crippen LogP contribution in [0.5, 0.6) is 5.75 Å². The second kappa shape index (κ2) is 9.58. The van der Waals surface area contributed by atoms with Gasteiger partial charge in [0, 0.05) is 17.8 Å². The first-order valence-corrected chi connectivity index (χ1v) is 7.69. The van der Waals surface area contributed by atoms with E-state index in [4.69, 9.17) is 9.47 Å². The SMILES string of the molecule is O=[N+]([O-])CCc1cccc(OCCCOCc2ccccc2)c1. The highest BCUT2D eigenvalue weighted by atomic mass is 16.6. The van der Waals surface area contributed by atoms with Crippen molar-refractivity contribution < 1.29 is 14.4 Å². The van der Waals surface area contributed by atoms with E-state index in [0.29, 0.717) is 26.2 Å². The summed E-state index contributed by atoms with van der Waals surface area (Å²) in [6.45, 7) is 1.75. The Hall–Kier alpha value is -2.40. The molecule has 0 unspecified atom stereocenters. The zero-order valence-electron chi connectivity index (χ0n) is 13.0. The summed E-state index contributed by atoms with van der Waals surface area (Å²) < 4.78 is 11.2. The van der Waals surface area contributed by atoms with Crippen molar-refractivity contribution in [1.29, 1.82) is 0 Å². The van der Waals surface area contributed by atoms with Crippen LogP contribution >= 0.6 is 0 Å². The second-order valence-electron chi connectivity index (χ2n) is 5.19. The third-order valence-corrected chi connectivity index (χ3v) is 3.29. The first-order chi connectivity index (χ1) is 11.2. The standard InChI is InChI=1S/C18H21NO4/c20-19(21)11-10-16-8-4-9-18(14-16)23-13-5-12-22-15-17-6-2-1-3-7-17/h1-4,6-9,14H,5,10-13,15H2. The second-order valence-corrected chi connectivity index (χ2v) is 5.19. The molecule has 0 amide bonds. The largest absolute Gasteiger partial charge is 0.493 e. The summed E-state index contributed by atoms with van der Waals surface area (Å²) in [5, 5.41) is 10.4. The van der Waals surface area contributed by atoms with Crippen LogP contribution in [0.25, 0.3) is 0 Å². The number of hydrogen-bond acceptors (Lipinski definition) is 4. The molecule has 122 valence electrons. The lowest BCUT2D eigenvalue weighted by Gasteiger charge is -2.08. The van der Waals surface area contributed by atoms with Gasteiger partial charge in [-0.2, -0.15) is 0 Å². The minimum Gasteiger partial charge on any atom is -0.493 e. The Morgan fingerprint density at radius 1 is 0.957 bits per heavy atom. The summed E-state index contributed by atoms with van der Waals surface area (Å²) in [5.41, 5.74) is 2.08. The number of ether oxygens (including phenoxy) is 2. The molecule has 0 saturated heterocycles. The normalized spacial score (nSPS) is 10.4. The lowest BCUT2D eigenvalue weighted by molar-refractivity contribution is -0.479. The highest BCUT2D eigenvalue weighted by Crippen LogP contribution is 2.14. The Bertz CT molecular complexity index is 601. The van der Waals surface area contributed by atoms with Crippen molar-refractivity contribution >= 4 is 0 Å². The highest BCUT2D eigenvalue weighted by molar-refractivity contribution is 5.28. The van der Waals surface area contributed by atoms with E-state index in [1.54, 1.807) is 0 Å². The molecule has 0 heterocycles. The fraction of sp³-hybridized carbons (Fsp3) is 0.333. The van der Waals surface area contributed by atoms with Crippen molar-refractivity contribution in [3.05, 3.63) is 75.8 Å². The molecular formula is C18H21NO4. The molecule has 0 aliphatic rings. The van der Waals surface area contributed by atoms with E-state index in [1.165, 1.54) is 0 Å². The summed E-state index contributed by atoms with van der Waals surface area (Å²) in [5.74, 6) is 0.744. The minimum absolute atomic E-state index is 0.0588. The molecule has 5 heteroatoms. The molecule has 0 atom stereocenters. The molecule has 5 nitrogen and oxygen atoms in total. The number of nitro groups is 1. The monoisotopic (exact) mass is 315 g/mol. The summed E-state index contributed by atoms with van der Waals surface area (Å²) >= 11 is 0. The zero-order chi connectivity index (χ0) is 16.3. The molecule has 0 aromatic heterocycles. The quantitative estimate of drug-likeness (QED) is 0.382.